The zero-order chi connectivity index (χ0) is 18.1. The van der Waals surface area contributed by atoms with Crippen LogP contribution in [0.15, 0.2) is 24.4 Å². The molecule has 0 amide bonds. The maximum Gasteiger partial charge on any atom is 0.0870 e. The van der Waals surface area contributed by atoms with E-state index < -0.39 is 0 Å². The van der Waals surface area contributed by atoms with Crippen LogP contribution in [0.5, 0.6) is 0 Å². The fourth-order valence-electron chi connectivity index (χ4n) is 3.46. The molecule has 2 heterocycles. The molecule has 26 heavy (non-hydrogen) atoms. The number of nitrogens with zero attached hydrogens (tertiary/aromatic N) is 3. The number of hydrogen-bond acceptors (Lipinski definition) is 3. The van der Waals surface area contributed by atoms with E-state index in [0.29, 0.717) is 5.92 Å². The molecule has 2 aromatic rings. The second kappa shape index (κ2) is 6.89. The normalized spacial score (nSPS) is 21.4. The quantitative estimate of drug-likeness (QED) is 0.789. The lowest BCUT2D eigenvalue weighted by atomic mass is 9.91. The van der Waals surface area contributed by atoms with Gasteiger partial charge in [0.15, 0.2) is 0 Å². The first-order chi connectivity index (χ1) is 12.5. The van der Waals surface area contributed by atoms with E-state index in [2.05, 4.69) is 67.3 Å². The number of rotatable bonds is 4. The van der Waals surface area contributed by atoms with Crippen molar-refractivity contribution in [2.24, 2.45) is 11.3 Å². The number of aromatic nitrogens is 3. The highest BCUT2D eigenvalue weighted by atomic mass is 16.5. The van der Waals surface area contributed by atoms with E-state index in [1.807, 2.05) is 4.68 Å². The third-order valence-corrected chi connectivity index (χ3v) is 5.19. The molecule has 1 saturated carbocycles. The number of hydrogen-bond donors (Lipinski definition) is 0. The van der Waals surface area contributed by atoms with Crippen LogP contribution in [0.25, 0.3) is 0 Å². The van der Waals surface area contributed by atoms with Gasteiger partial charge in [-0.1, -0.05) is 37.0 Å². The predicted octanol–water partition coefficient (Wildman–Crippen LogP) is 3.75. The van der Waals surface area contributed by atoms with Gasteiger partial charge in [0, 0.05) is 24.1 Å². The Morgan fingerprint density at radius 3 is 2.88 bits per heavy atom. The molecule has 4 nitrogen and oxygen atoms in total. The topological polar surface area (TPSA) is 39.9 Å². The highest BCUT2D eigenvalue weighted by Crippen LogP contribution is 2.32. The SMILES string of the molecule is Cc1ccc(C#CC2CC2)cc1Cc1cn(CC2CC(C)(C)CO2)nn1. The summed E-state index contributed by atoms with van der Waals surface area (Å²) in [6, 6.07) is 6.47. The number of aryl methyl sites for hydroxylation is 1. The van der Waals surface area contributed by atoms with Crippen LogP contribution < -0.4 is 0 Å². The average Bonchev–Trinajstić information content (AvgIpc) is 3.23. The lowest BCUT2D eigenvalue weighted by Gasteiger charge is -2.13. The Labute approximate surface area is 155 Å². The maximum absolute atomic E-state index is 5.88. The second-order valence-corrected chi connectivity index (χ2v) is 8.59. The molecule has 4 rings (SSSR count). The molecular weight excluding hydrogens is 322 g/mol. The van der Waals surface area contributed by atoms with Gasteiger partial charge in [-0.2, -0.15) is 0 Å². The number of ether oxygens (including phenoxy) is 1. The molecule has 136 valence electrons. The van der Waals surface area contributed by atoms with Crippen LogP contribution in [-0.2, 0) is 17.7 Å². The van der Waals surface area contributed by atoms with Gasteiger partial charge in [0.1, 0.15) is 0 Å². The molecule has 1 aliphatic heterocycles. The van der Waals surface area contributed by atoms with Crippen LogP contribution in [-0.4, -0.2) is 27.7 Å². The van der Waals surface area contributed by atoms with Crippen molar-refractivity contribution in [3.8, 4) is 11.8 Å². The van der Waals surface area contributed by atoms with Crippen LogP contribution >= 0.6 is 0 Å². The third kappa shape index (κ3) is 4.34. The maximum atomic E-state index is 5.88. The van der Waals surface area contributed by atoms with Crippen molar-refractivity contribution in [2.45, 2.75) is 59.1 Å². The predicted molar refractivity (Wildman–Crippen MR) is 102 cm³/mol. The minimum Gasteiger partial charge on any atom is -0.376 e. The molecule has 1 atom stereocenters. The summed E-state index contributed by atoms with van der Waals surface area (Å²) < 4.78 is 7.81. The first-order valence-electron chi connectivity index (χ1n) is 9.59. The molecule has 0 N–H and O–H groups in total. The van der Waals surface area contributed by atoms with E-state index >= 15 is 0 Å². The molecule has 0 radical (unpaired) electrons. The van der Waals surface area contributed by atoms with Crippen molar-refractivity contribution in [3.05, 3.63) is 46.8 Å². The standard InChI is InChI=1S/C22H27N3O/c1-16-4-5-18(9-8-17-6-7-17)10-19(16)11-20-13-25(24-23-20)14-21-12-22(2,3)15-26-21/h4-5,10,13,17,21H,6-7,11-12,14-15H2,1-3H3. The van der Waals surface area contributed by atoms with Crippen molar-refractivity contribution in [2.75, 3.05) is 6.61 Å². The third-order valence-electron chi connectivity index (χ3n) is 5.19. The zero-order valence-electron chi connectivity index (χ0n) is 16.0. The van der Waals surface area contributed by atoms with Gasteiger partial charge in [-0.05, 0) is 54.9 Å². The summed E-state index contributed by atoms with van der Waals surface area (Å²) in [5.41, 5.74) is 4.92. The van der Waals surface area contributed by atoms with Gasteiger partial charge in [0.25, 0.3) is 0 Å². The van der Waals surface area contributed by atoms with Gasteiger partial charge in [0.05, 0.1) is 24.9 Å². The summed E-state index contributed by atoms with van der Waals surface area (Å²) in [7, 11) is 0. The first-order valence-corrected chi connectivity index (χ1v) is 9.59. The van der Waals surface area contributed by atoms with Crippen LogP contribution in [0, 0.1) is 30.1 Å². The Morgan fingerprint density at radius 1 is 1.31 bits per heavy atom. The van der Waals surface area contributed by atoms with Gasteiger partial charge < -0.3 is 4.74 Å². The molecule has 0 spiro atoms. The van der Waals surface area contributed by atoms with E-state index in [0.717, 1.165) is 37.3 Å². The molecule has 1 aromatic carbocycles. The Hall–Kier alpha value is -2.12. The van der Waals surface area contributed by atoms with E-state index in [-0.39, 0.29) is 11.5 Å². The minimum absolute atomic E-state index is 0.238. The zero-order valence-corrected chi connectivity index (χ0v) is 16.0. The highest BCUT2D eigenvalue weighted by molar-refractivity contribution is 5.42. The van der Waals surface area contributed by atoms with Crippen molar-refractivity contribution in [1.29, 1.82) is 0 Å². The molecule has 1 aromatic heterocycles. The van der Waals surface area contributed by atoms with Crippen molar-refractivity contribution in [1.82, 2.24) is 15.0 Å². The molecule has 2 aliphatic rings. The average molecular weight is 349 g/mol. The molecule has 1 aliphatic carbocycles. The van der Waals surface area contributed by atoms with Gasteiger partial charge >= 0.3 is 0 Å². The summed E-state index contributed by atoms with van der Waals surface area (Å²) in [6.45, 7) is 8.25. The minimum atomic E-state index is 0.238. The summed E-state index contributed by atoms with van der Waals surface area (Å²) >= 11 is 0. The van der Waals surface area contributed by atoms with E-state index in [1.54, 1.807) is 0 Å². The molecule has 0 bridgehead atoms. The first kappa shape index (κ1) is 17.3. The highest BCUT2D eigenvalue weighted by Gasteiger charge is 2.32. The van der Waals surface area contributed by atoms with Crippen molar-refractivity contribution < 1.29 is 4.74 Å². The Kier molecular flexibility index (Phi) is 4.58. The van der Waals surface area contributed by atoms with Crippen LogP contribution in [0.3, 0.4) is 0 Å². The van der Waals surface area contributed by atoms with Gasteiger partial charge in [-0.25, -0.2) is 4.68 Å². The summed E-state index contributed by atoms with van der Waals surface area (Å²) in [4.78, 5) is 0. The van der Waals surface area contributed by atoms with Crippen LogP contribution in [0.1, 0.15) is 55.5 Å². The number of benzene rings is 1. The van der Waals surface area contributed by atoms with Crippen molar-refractivity contribution >= 4 is 0 Å². The second-order valence-electron chi connectivity index (χ2n) is 8.59. The van der Waals surface area contributed by atoms with E-state index in [9.17, 15) is 0 Å². The summed E-state index contributed by atoms with van der Waals surface area (Å²) in [6.07, 6.45) is 6.68. The van der Waals surface area contributed by atoms with Crippen LogP contribution in [0.2, 0.25) is 0 Å². The molecule has 4 heteroatoms. The largest absolute Gasteiger partial charge is 0.376 e. The molecule has 2 fully saturated rings. The van der Waals surface area contributed by atoms with Gasteiger partial charge in [-0.3, -0.25) is 0 Å². The van der Waals surface area contributed by atoms with Crippen LogP contribution in [0.4, 0.5) is 0 Å². The van der Waals surface area contributed by atoms with Gasteiger partial charge in [-0.15, -0.1) is 5.10 Å². The van der Waals surface area contributed by atoms with Gasteiger partial charge in [0.2, 0.25) is 0 Å². The lowest BCUT2D eigenvalue weighted by molar-refractivity contribution is 0.0848. The Balaban J connectivity index is 1.42. The lowest BCUT2D eigenvalue weighted by Crippen LogP contribution is -2.16. The molecule has 1 unspecified atom stereocenters. The fraction of sp³-hybridized carbons (Fsp3) is 0.545. The molecular formula is C22H27N3O. The molecule has 1 saturated heterocycles. The van der Waals surface area contributed by atoms with Crippen molar-refractivity contribution in [3.63, 3.8) is 0 Å². The van der Waals surface area contributed by atoms with E-state index in [4.69, 9.17) is 4.74 Å². The Bertz CT molecular complexity index is 852. The smallest absolute Gasteiger partial charge is 0.0870 e. The summed E-state index contributed by atoms with van der Waals surface area (Å²) in [5, 5.41) is 8.67. The fourth-order valence-corrected chi connectivity index (χ4v) is 3.46. The Morgan fingerprint density at radius 2 is 2.15 bits per heavy atom. The van der Waals surface area contributed by atoms with E-state index in [1.165, 1.54) is 24.0 Å². The monoisotopic (exact) mass is 349 g/mol. The summed E-state index contributed by atoms with van der Waals surface area (Å²) in [5.74, 6) is 7.28.